The summed E-state index contributed by atoms with van der Waals surface area (Å²) in [6.45, 7) is 15.5. The minimum Gasteiger partial charge on any atom is -0.147 e. The Hall–Kier alpha value is -1.87. The van der Waals surface area contributed by atoms with Crippen LogP contribution in [0.4, 0.5) is 11.4 Å². The fourth-order valence-corrected chi connectivity index (χ4v) is 7.23. The average molecular weight is 600 g/mol. The van der Waals surface area contributed by atoms with E-state index in [9.17, 15) is 0 Å². The molecule has 6 heteroatoms. The molecule has 1 aliphatic heterocycles. The number of nitrogens with zero attached hydrogens (tertiary/aromatic N) is 3. The van der Waals surface area contributed by atoms with Crippen molar-refractivity contribution in [3.05, 3.63) is 87.7 Å². The maximum Gasteiger partial charge on any atom is -0.147 e. The number of hydrogen-bond acceptors (Lipinski definition) is 3. The van der Waals surface area contributed by atoms with Crippen LogP contribution in [0, 0.1) is 41.5 Å². The van der Waals surface area contributed by atoms with Gasteiger partial charge >= 0.3 is 207 Å². The molecule has 1 fully saturated rings. The van der Waals surface area contributed by atoms with Gasteiger partial charge in [0.2, 0.25) is 0 Å². The van der Waals surface area contributed by atoms with E-state index in [0.29, 0.717) is 0 Å². The zero-order valence-electron chi connectivity index (χ0n) is 21.5. The topological polar surface area (TPSA) is 19.4 Å². The predicted molar refractivity (Wildman–Crippen MR) is 154 cm³/mol. The zero-order valence-corrected chi connectivity index (χ0v) is 24.9. The normalized spacial score (nSPS) is 12.9. The third kappa shape index (κ3) is 6.67. The van der Waals surface area contributed by atoms with Gasteiger partial charge in [0.25, 0.3) is 0 Å². The summed E-state index contributed by atoms with van der Waals surface area (Å²) in [6, 6.07) is 15.5. The van der Waals surface area contributed by atoms with Gasteiger partial charge in [0.05, 0.1) is 0 Å². The molecule has 2 aromatic carbocycles. The molecule has 3 nitrogen and oxygen atoms in total. The maximum atomic E-state index is 4.50. The van der Waals surface area contributed by atoms with Gasteiger partial charge in [0.1, 0.15) is 0 Å². The van der Waals surface area contributed by atoms with Gasteiger partial charge in [-0.05, 0) is 0 Å². The molecule has 0 spiro atoms. The smallest absolute Gasteiger partial charge is 0.147 e. The van der Waals surface area contributed by atoms with E-state index in [2.05, 4.69) is 97.3 Å². The molecule has 2 heterocycles. The van der Waals surface area contributed by atoms with Crippen LogP contribution < -0.4 is 9.80 Å². The van der Waals surface area contributed by atoms with Gasteiger partial charge in [0, 0.05) is 0 Å². The van der Waals surface area contributed by atoms with E-state index in [0.717, 1.165) is 25.9 Å². The van der Waals surface area contributed by atoms with Crippen LogP contribution in [0.25, 0.3) is 0 Å². The van der Waals surface area contributed by atoms with E-state index in [1.165, 1.54) is 54.8 Å². The Balaban J connectivity index is 0.00000216. The first-order valence-electron chi connectivity index (χ1n) is 11.7. The summed E-state index contributed by atoms with van der Waals surface area (Å²) in [5.74, 6) is 0. The fourth-order valence-electron chi connectivity index (χ4n) is 5.09. The second-order valence-corrected chi connectivity index (χ2v) is 11.2. The van der Waals surface area contributed by atoms with Crippen LogP contribution in [0.5, 0.6) is 0 Å². The van der Waals surface area contributed by atoms with E-state index < -0.39 is 0 Å². The Morgan fingerprint density at radius 1 is 0.771 bits per heavy atom. The molecule has 1 aromatic heterocycles. The number of pyridine rings is 1. The summed E-state index contributed by atoms with van der Waals surface area (Å²) in [7, 11) is 0. The molecule has 0 bridgehead atoms. The van der Waals surface area contributed by atoms with Crippen molar-refractivity contribution in [2.75, 3.05) is 22.9 Å². The number of benzene rings is 2. The van der Waals surface area contributed by atoms with Crippen LogP contribution >= 0.6 is 24.8 Å². The van der Waals surface area contributed by atoms with Gasteiger partial charge in [-0.1, -0.05) is 0 Å². The SMILES string of the molecule is Cc1cc(C)c(N2CCN(c3c(C)cc(C)cc3C)[C]2=[Ru]=[CH]CCc2ccccn2)c(C)c1.Cl.Cl. The second-order valence-electron chi connectivity index (χ2n) is 9.16. The van der Waals surface area contributed by atoms with Crippen LogP contribution in [-0.2, 0) is 22.6 Å². The van der Waals surface area contributed by atoms with Gasteiger partial charge in [-0.25, -0.2) is 0 Å². The first-order valence-corrected chi connectivity index (χ1v) is 13.6. The van der Waals surface area contributed by atoms with Crippen LogP contribution in [-0.4, -0.2) is 27.0 Å². The first kappa shape index (κ1) is 29.4. The summed E-state index contributed by atoms with van der Waals surface area (Å²) in [6.07, 6.45) is 3.97. The van der Waals surface area contributed by atoms with Crippen LogP contribution in [0.1, 0.15) is 45.5 Å². The zero-order chi connectivity index (χ0) is 23.5. The average Bonchev–Trinajstić information content (AvgIpc) is 3.13. The predicted octanol–water partition coefficient (Wildman–Crippen LogP) is 6.71. The Morgan fingerprint density at radius 2 is 1.26 bits per heavy atom. The molecule has 1 saturated heterocycles. The molecule has 0 aliphatic carbocycles. The number of halogens is 2. The Morgan fingerprint density at radius 3 is 1.69 bits per heavy atom. The molecule has 3 aromatic rings. The second kappa shape index (κ2) is 12.9. The summed E-state index contributed by atoms with van der Waals surface area (Å²) >= 11 is -0.0400. The molecule has 0 radical (unpaired) electrons. The van der Waals surface area contributed by atoms with Crippen LogP contribution in [0.15, 0.2) is 48.7 Å². The van der Waals surface area contributed by atoms with Crippen molar-refractivity contribution in [1.29, 1.82) is 0 Å². The van der Waals surface area contributed by atoms with E-state index in [4.69, 9.17) is 0 Å². The maximum absolute atomic E-state index is 4.50. The minimum atomic E-state index is -0.0400. The molecule has 190 valence electrons. The van der Waals surface area contributed by atoms with Gasteiger partial charge in [-0.2, -0.15) is 0 Å². The number of rotatable bonds is 5. The molecule has 35 heavy (non-hydrogen) atoms. The van der Waals surface area contributed by atoms with E-state index >= 15 is 0 Å². The molecule has 0 unspecified atom stereocenters. The quantitative estimate of drug-likeness (QED) is 0.304. The Kier molecular flexibility index (Phi) is 10.8. The van der Waals surface area contributed by atoms with Crippen molar-refractivity contribution in [1.82, 2.24) is 4.98 Å². The van der Waals surface area contributed by atoms with Gasteiger partial charge in [-0.3, -0.25) is 0 Å². The van der Waals surface area contributed by atoms with E-state index in [-0.39, 0.29) is 41.0 Å². The monoisotopic (exact) mass is 599 g/mol. The number of anilines is 2. The summed E-state index contributed by atoms with van der Waals surface area (Å²) < 4.78 is 4.01. The van der Waals surface area contributed by atoms with E-state index in [1.807, 2.05) is 12.3 Å². The molecule has 4 rings (SSSR count). The van der Waals surface area contributed by atoms with Crippen molar-refractivity contribution >= 4 is 45.2 Å². The Bertz CT molecular complexity index is 1120. The molecule has 0 saturated carbocycles. The van der Waals surface area contributed by atoms with E-state index in [1.54, 1.807) is 0 Å². The van der Waals surface area contributed by atoms with Gasteiger partial charge in [-0.15, -0.1) is 24.8 Å². The van der Waals surface area contributed by atoms with Crippen LogP contribution in [0.2, 0.25) is 0 Å². The third-order valence-electron chi connectivity index (χ3n) is 6.18. The number of hydrogen-bond donors (Lipinski definition) is 0. The summed E-state index contributed by atoms with van der Waals surface area (Å²) in [5.41, 5.74) is 12.1. The molecular formula is C29H37Cl2N3Ru. The van der Waals surface area contributed by atoms with Gasteiger partial charge < -0.3 is 0 Å². The van der Waals surface area contributed by atoms with Crippen molar-refractivity contribution in [2.24, 2.45) is 0 Å². The molecule has 0 atom stereocenters. The minimum absolute atomic E-state index is 0. The van der Waals surface area contributed by atoms with Crippen molar-refractivity contribution < 1.29 is 16.2 Å². The fraction of sp³-hybridized carbons (Fsp3) is 0.345. The van der Waals surface area contributed by atoms with Crippen molar-refractivity contribution in [3.8, 4) is 0 Å². The molecular weight excluding hydrogens is 562 g/mol. The van der Waals surface area contributed by atoms with Crippen LogP contribution in [0.3, 0.4) is 0 Å². The molecule has 0 amide bonds. The third-order valence-corrected chi connectivity index (χ3v) is 8.43. The standard InChI is InChI=1S/C21H26N2.C8H9N.2ClH.Ru/c1-14-9-16(3)20(17(4)10-14)22-7-8-23(13-22)21-18(5)11-15(2)12-19(21)6;1-2-5-8-6-3-4-7-9-8;;;/h9-12H,7-8H2,1-6H3;1,3-4,6-7H,2,5H2;2*1H;. The number of aromatic nitrogens is 1. The Labute approximate surface area is 230 Å². The van der Waals surface area contributed by atoms with Crippen molar-refractivity contribution in [2.45, 2.75) is 54.4 Å². The number of aryl methyl sites for hydroxylation is 7. The molecule has 0 N–H and O–H groups in total. The summed E-state index contributed by atoms with van der Waals surface area (Å²) in [4.78, 5) is 9.72. The van der Waals surface area contributed by atoms with Gasteiger partial charge in [0.15, 0.2) is 0 Å². The first-order chi connectivity index (χ1) is 15.8. The summed E-state index contributed by atoms with van der Waals surface area (Å²) in [5, 5.41) is 0. The molecule has 1 aliphatic rings. The van der Waals surface area contributed by atoms with Crippen molar-refractivity contribution in [3.63, 3.8) is 0 Å². The largest absolute Gasteiger partial charge is 0.147 e.